The minimum atomic E-state index is -0.459. The van der Waals surface area contributed by atoms with Crippen molar-refractivity contribution in [2.75, 3.05) is 5.32 Å². The van der Waals surface area contributed by atoms with Gasteiger partial charge in [-0.2, -0.15) is 0 Å². The van der Waals surface area contributed by atoms with Gasteiger partial charge in [-0.25, -0.2) is 0 Å². The summed E-state index contributed by atoms with van der Waals surface area (Å²) in [5.41, 5.74) is 1.08. The molecule has 8 heteroatoms. The molecule has 1 amide bonds. The lowest BCUT2D eigenvalue weighted by Crippen LogP contribution is -2.12. The Morgan fingerprint density at radius 3 is 2.67 bits per heavy atom. The molecule has 0 aliphatic heterocycles. The highest BCUT2D eigenvalue weighted by Crippen LogP contribution is 2.27. The molecule has 138 valence electrons. The topological polar surface area (TPSA) is 85.4 Å². The molecule has 2 aromatic carbocycles. The van der Waals surface area contributed by atoms with E-state index in [1.807, 2.05) is 0 Å². The number of halogens is 2. The molecule has 0 unspecified atom stereocenters. The Hall–Kier alpha value is -2.83. The first-order valence-corrected chi connectivity index (χ1v) is 8.76. The summed E-state index contributed by atoms with van der Waals surface area (Å²) in [5.74, 6) is 0.899. The summed E-state index contributed by atoms with van der Waals surface area (Å²) >= 11 is 11.9. The van der Waals surface area contributed by atoms with Crippen molar-refractivity contribution in [3.05, 3.63) is 80.5 Å². The van der Waals surface area contributed by atoms with Gasteiger partial charge in [0.25, 0.3) is 5.69 Å². The summed E-state index contributed by atoms with van der Waals surface area (Å²) in [7, 11) is 0. The largest absolute Gasteiger partial charge is 0.461 e. The fourth-order valence-corrected chi connectivity index (χ4v) is 2.94. The predicted octanol–water partition coefficient (Wildman–Crippen LogP) is 5.73. The van der Waals surface area contributed by atoms with Gasteiger partial charge < -0.3 is 9.73 Å². The molecule has 0 bridgehead atoms. The van der Waals surface area contributed by atoms with Crippen molar-refractivity contribution < 1.29 is 14.1 Å². The van der Waals surface area contributed by atoms with Gasteiger partial charge in [0.05, 0.1) is 15.6 Å². The van der Waals surface area contributed by atoms with Crippen LogP contribution in [0.25, 0.3) is 11.3 Å². The highest BCUT2D eigenvalue weighted by molar-refractivity contribution is 6.36. The van der Waals surface area contributed by atoms with Crippen molar-refractivity contribution in [2.24, 2.45) is 0 Å². The van der Waals surface area contributed by atoms with E-state index in [1.54, 1.807) is 42.5 Å². The first-order chi connectivity index (χ1) is 12.9. The molecule has 0 spiro atoms. The van der Waals surface area contributed by atoms with Crippen LogP contribution in [-0.2, 0) is 11.2 Å². The summed E-state index contributed by atoms with van der Waals surface area (Å²) in [5, 5.41) is 14.4. The zero-order valence-corrected chi connectivity index (χ0v) is 15.5. The smallest absolute Gasteiger partial charge is 0.270 e. The van der Waals surface area contributed by atoms with E-state index in [0.717, 1.165) is 0 Å². The Labute approximate surface area is 164 Å². The van der Waals surface area contributed by atoms with E-state index in [-0.39, 0.29) is 18.0 Å². The van der Waals surface area contributed by atoms with Crippen LogP contribution >= 0.6 is 23.2 Å². The monoisotopic (exact) mass is 404 g/mol. The zero-order valence-electron chi connectivity index (χ0n) is 13.9. The number of benzene rings is 2. The maximum Gasteiger partial charge on any atom is 0.270 e. The third kappa shape index (κ3) is 4.87. The Morgan fingerprint density at radius 2 is 1.93 bits per heavy atom. The summed E-state index contributed by atoms with van der Waals surface area (Å²) in [6.07, 6.45) is 0.576. The van der Waals surface area contributed by atoms with E-state index in [4.69, 9.17) is 27.6 Å². The van der Waals surface area contributed by atoms with Crippen LogP contribution in [-0.4, -0.2) is 10.8 Å². The number of carbonyl (C=O) groups is 1. The van der Waals surface area contributed by atoms with Crippen molar-refractivity contribution in [2.45, 2.75) is 12.8 Å². The standard InChI is InChI=1S/C19H14Cl2N2O4/c20-13-4-7-17(16(21)11-13)22-19(24)9-6-15-5-8-18(27-15)12-2-1-3-14(10-12)23(25)26/h1-5,7-8,10-11H,6,9H2,(H,22,24). The first-order valence-electron chi connectivity index (χ1n) is 8.01. The molecule has 0 radical (unpaired) electrons. The molecule has 0 aliphatic carbocycles. The van der Waals surface area contributed by atoms with Crippen LogP contribution < -0.4 is 5.32 Å². The normalized spacial score (nSPS) is 10.6. The van der Waals surface area contributed by atoms with Gasteiger partial charge in [-0.1, -0.05) is 35.3 Å². The van der Waals surface area contributed by atoms with Gasteiger partial charge in [0, 0.05) is 35.6 Å². The van der Waals surface area contributed by atoms with E-state index in [0.29, 0.717) is 39.2 Å². The van der Waals surface area contributed by atoms with Crippen LogP contribution in [0.3, 0.4) is 0 Å². The van der Waals surface area contributed by atoms with E-state index in [1.165, 1.54) is 12.1 Å². The lowest BCUT2D eigenvalue weighted by atomic mass is 10.1. The molecule has 6 nitrogen and oxygen atoms in total. The molecule has 27 heavy (non-hydrogen) atoms. The third-order valence-electron chi connectivity index (χ3n) is 3.81. The van der Waals surface area contributed by atoms with Gasteiger partial charge in [-0.3, -0.25) is 14.9 Å². The van der Waals surface area contributed by atoms with Gasteiger partial charge in [-0.15, -0.1) is 0 Å². The highest BCUT2D eigenvalue weighted by atomic mass is 35.5. The summed E-state index contributed by atoms with van der Waals surface area (Å²) in [6.45, 7) is 0. The fraction of sp³-hybridized carbons (Fsp3) is 0.105. The Morgan fingerprint density at radius 1 is 1.11 bits per heavy atom. The molecule has 3 rings (SSSR count). The van der Waals surface area contributed by atoms with E-state index >= 15 is 0 Å². The van der Waals surface area contributed by atoms with Gasteiger partial charge in [0.1, 0.15) is 11.5 Å². The van der Waals surface area contributed by atoms with E-state index in [9.17, 15) is 14.9 Å². The Balaban J connectivity index is 1.62. The van der Waals surface area contributed by atoms with Crippen molar-refractivity contribution >= 4 is 40.5 Å². The van der Waals surface area contributed by atoms with Crippen molar-refractivity contribution in [3.63, 3.8) is 0 Å². The number of amides is 1. The summed E-state index contributed by atoms with van der Waals surface area (Å²) < 4.78 is 5.70. The number of nitrogens with zero attached hydrogens (tertiary/aromatic N) is 1. The molecule has 0 atom stereocenters. The van der Waals surface area contributed by atoms with Gasteiger partial charge in [0.2, 0.25) is 5.91 Å². The summed E-state index contributed by atoms with van der Waals surface area (Å²) in [4.78, 5) is 22.5. The molecular formula is C19H14Cl2N2O4. The second-order valence-corrected chi connectivity index (χ2v) is 6.59. The van der Waals surface area contributed by atoms with Crippen molar-refractivity contribution in [3.8, 4) is 11.3 Å². The number of nitro benzene ring substituents is 1. The van der Waals surface area contributed by atoms with Crippen molar-refractivity contribution in [1.29, 1.82) is 0 Å². The van der Waals surface area contributed by atoms with Crippen molar-refractivity contribution in [1.82, 2.24) is 0 Å². The molecule has 0 aliphatic rings. The lowest BCUT2D eigenvalue weighted by molar-refractivity contribution is -0.384. The second kappa shape index (κ2) is 8.24. The molecule has 3 aromatic rings. The maximum absolute atomic E-state index is 12.1. The maximum atomic E-state index is 12.1. The van der Waals surface area contributed by atoms with Crippen LogP contribution in [0, 0.1) is 10.1 Å². The number of anilines is 1. The first kappa shape index (κ1) is 18.9. The van der Waals surface area contributed by atoms with Gasteiger partial charge in [0.15, 0.2) is 0 Å². The fourth-order valence-electron chi connectivity index (χ4n) is 2.48. The number of aryl methyl sites for hydroxylation is 1. The van der Waals surface area contributed by atoms with E-state index < -0.39 is 4.92 Å². The molecule has 1 aromatic heterocycles. The highest BCUT2D eigenvalue weighted by Gasteiger charge is 2.12. The van der Waals surface area contributed by atoms with Crippen LogP contribution in [0.2, 0.25) is 10.0 Å². The Kier molecular flexibility index (Phi) is 5.78. The SMILES string of the molecule is O=C(CCc1ccc(-c2cccc([N+](=O)[O-])c2)o1)Nc1ccc(Cl)cc1Cl. The molecular weight excluding hydrogens is 391 g/mol. The number of carbonyl (C=O) groups excluding carboxylic acids is 1. The lowest BCUT2D eigenvalue weighted by Gasteiger charge is -2.07. The average Bonchev–Trinajstić information content (AvgIpc) is 3.11. The number of rotatable bonds is 6. The molecule has 0 fully saturated rings. The molecule has 1 N–H and O–H groups in total. The predicted molar refractivity (Wildman–Crippen MR) is 104 cm³/mol. The van der Waals surface area contributed by atoms with Crippen LogP contribution in [0.4, 0.5) is 11.4 Å². The van der Waals surface area contributed by atoms with Crippen LogP contribution in [0.5, 0.6) is 0 Å². The molecule has 1 heterocycles. The number of non-ortho nitro benzene ring substituents is 1. The van der Waals surface area contributed by atoms with Crippen LogP contribution in [0.15, 0.2) is 59.0 Å². The Bertz CT molecular complexity index is 1000. The quantitative estimate of drug-likeness (QED) is 0.419. The number of hydrogen-bond acceptors (Lipinski definition) is 4. The van der Waals surface area contributed by atoms with Gasteiger partial charge >= 0.3 is 0 Å². The number of hydrogen-bond donors (Lipinski definition) is 1. The number of furan rings is 1. The zero-order chi connectivity index (χ0) is 19.4. The van der Waals surface area contributed by atoms with Gasteiger partial charge in [-0.05, 0) is 30.3 Å². The summed E-state index contributed by atoms with van der Waals surface area (Å²) in [6, 6.07) is 14.5. The molecule has 0 saturated carbocycles. The number of nitro groups is 1. The minimum absolute atomic E-state index is 0.00956. The van der Waals surface area contributed by atoms with E-state index in [2.05, 4.69) is 5.32 Å². The minimum Gasteiger partial charge on any atom is -0.461 e. The second-order valence-electron chi connectivity index (χ2n) is 5.75. The van der Waals surface area contributed by atoms with Crippen LogP contribution in [0.1, 0.15) is 12.2 Å². The third-order valence-corrected chi connectivity index (χ3v) is 4.35. The number of nitrogens with one attached hydrogen (secondary N) is 1. The average molecular weight is 405 g/mol. The molecule has 0 saturated heterocycles.